The number of fused-ring (bicyclic) bond motifs is 13. The van der Waals surface area contributed by atoms with Gasteiger partial charge in [0.25, 0.3) is 0 Å². The van der Waals surface area contributed by atoms with Crippen molar-refractivity contribution in [2.75, 3.05) is 9.80 Å². The molecule has 0 amide bonds. The third-order valence-corrected chi connectivity index (χ3v) is 17.0. The van der Waals surface area contributed by atoms with E-state index in [1.165, 1.54) is 0 Å². The number of anilines is 6. The molecular formula is C80H50N2O3. The van der Waals surface area contributed by atoms with Gasteiger partial charge in [-0.3, -0.25) is 0 Å². The van der Waals surface area contributed by atoms with E-state index in [0.29, 0.717) is 0 Å². The van der Waals surface area contributed by atoms with E-state index >= 15 is 0 Å². The van der Waals surface area contributed by atoms with Crippen molar-refractivity contribution in [2.24, 2.45) is 0 Å². The minimum absolute atomic E-state index is 0.799. The second kappa shape index (κ2) is 19.7. The number of benzene rings is 14. The van der Waals surface area contributed by atoms with E-state index in [0.717, 1.165) is 166 Å². The molecular weight excluding hydrogens is 1040 g/mol. The van der Waals surface area contributed by atoms with Gasteiger partial charge in [-0.15, -0.1) is 0 Å². The summed E-state index contributed by atoms with van der Waals surface area (Å²) in [7, 11) is 0. The molecule has 17 rings (SSSR count). The Hall–Kier alpha value is -11.4. The third-order valence-electron chi connectivity index (χ3n) is 17.0. The van der Waals surface area contributed by atoms with Crippen LogP contribution in [0.5, 0.6) is 0 Å². The third kappa shape index (κ3) is 8.01. The average Bonchev–Trinajstić information content (AvgIpc) is 1.88. The van der Waals surface area contributed by atoms with E-state index in [4.69, 9.17) is 13.3 Å². The topological polar surface area (TPSA) is 45.9 Å². The molecule has 14 aromatic carbocycles. The Morgan fingerprint density at radius 2 is 0.471 bits per heavy atom. The van der Waals surface area contributed by atoms with E-state index in [1.54, 1.807) is 0 Å². The molecule has 0 fully saturated rings. The van der Waals surface area contributed by atoms with Gasteiger partial charge in [-0.05, 0) is 117 Å². The van der Waals surface area contributed by atoms with Crippen molar-refractivity contribution in [2.45, 2.75) is 0 Å². The maximum Gasteiger partial charge on any atom is 0.159 e. The SMILES string of the molecule is c1ccc(-c2cc(-c3ccccc3)cc(N(c3cc4c5cc(N(c6cc(-c7ccccc7)cc(-c7ccccc7)c6)c6cccc7c6oc6ccccc67)c6ccccc6c5oc4c4ccccc34)c3cccc4c3oc3ccccc34)c2)cc1. The van der Waals surface area contributed by atoms with E-state index in [2.05, 4.69) is 301 Å². The molecule has 398 valence electrons. The van der Waals surface area contributed by atoms with Gasteiger partial charge in [0.2, 0.25) is 0 Å². The normalized spacial score (nSPS) is 11.8. The predicted molar refractivity (Wildman–Crippen MR) is 354 cm³/mol. The molecule has 0 aliphatic heterocycles. The van der Waals surface area contributed by atoms with Gasteiger partial charge >= 0.3 is 0 Å². The fourth-order valence-electron chi connectivity index (χ4n) is 13.1. The Morgan fingerprint density at radius 3 is 0.835 bits per heavy atom. The Kier molecular flexibility index (Phi) is 11.2. The molecule has 0 aliphatic carbocycles. The van der Waals surface area contributed by atoms with Crippen LogP contribution in [-0.2, 0) is 0 Å². The molecule has 85 heavy (non-hydrogen) atoms. The van der Waals surface area contributed by atoms with Gasteiger partial charge < -0.3 is 23.1 Å². The lowest BCUT2D eigenvalue weighted by Crippen LogP contribution is -2.12. The highest BCUT2D eigenvalue weighted by atomic mass is 16.3. The second-order valence-electron chi connectivity index (χ2n) is 21.9. The summed E-state index contributed by atoms with van der Waals surface area (Å²) in [5, 5.41) is 10.2. The lowest BCUT2D eigenvalue weighted by Gasteiger charge is -2.29. The first kappa shape index (κ1) is 48.3. The second-order valence-corrected chi connectivity index (χ2v) is 21.9. The minimum atomic E-state index is 0.799. The summed E-state index contributed by atoms with van der Waals surface area (Å²) >= 11 is 0. The first-order chi connectivity index (χ1) is 42.1. The van der Waals surface area contributed by atoms with Crippen LogP contribution in [0.2, 0.25) is 0 Å². The molecule has 17 aromatic rings. The van der Waals surface area contributed by atoms with Crippen molar-refractivity contribution in [1.29, 1.82) is 0 Å². The Morgan fingerprint density at radius 1 is 0.176 bits per heavy atom. The predicted octanol–water partition coefficient (Wildman–Crippen LogP) is 23.3. The van der Waals surface area contributed by atoms with Crippen molar-refractivity contribution in [3.63, 3.8) is 0 Å². The van der Waals surface area contributed by atoms with Crippen molar-refractivity contribution in [1.82, 2.24) is 0 Å². The number of furan rings is 3. The van der Waals surface area contributed by atoms with E-state index in [-0.39, 0.29) is 0 Å². The van der Waals surface area contributed by atoms with Crippen LogP contribution in [0.4, 0.5) is 34.1 Å². The number of para-hydroxylation sites is 4. The highest BCUT2D eigenvalue weighted by Gasteiger charge is 2.28. The number of hydrogen-bond acceptors (Lipinski definition) is 5. The number of nitrogens with zero attached hydrogens (tertiary/aromatic N) is 2. The fourth-order valence-corrected chi connectivity index (χ4v) is 13.1. The molecule has 0 unspecified atom stereocenters. The molecule has 0 radical (unpaired) electrons. The minimum Gasteiger partial charge on any atom is -0.455 e. The zero-order chi connectivity index (χ0) is 56.0. The summed E-state index contributed by atoms with van der Waals surface area (Å²) in [5.41, 5.74) is 19.5. The number of rotatable bonds is 10. The van der Waals surface area contributed by atoms with Crippen LogP contribution in [0.25, 0.3) is 132 Å². The molecule has 5 nitrogen and oxygen atoms in total. The Balaban J connectivity index is 0.986. The summed E-state index contributed by atoms with van der Waals surface area (Å²) in [5.74, 6) is 0. The molecule has 0 N–H and O–H groups in total. The van der Waals surface area contributed by atoms with Gasteiger partial charge in [-0.25, -0.2) is 0 Å². The van der Waals surface area contributed by atoms with Crippen molar-refractivity contribution >= 4 is 121 Å². The standard InChI is InChI=1S/C80H50N2O3/c1-5-23-51(24-6-1)55-43-56(52-25-7-2-8-26-52)46-59(45-55)81(71-39-21-37-67-63-33-17-19-41-75(63)83-79(67)71)73-49-69-70-50-74(62-32-14-16-36-66(62)78(70)85-77(69)65-35-15-13-31-61(65)73)82(72-40-22-38-68-64-34-18-20-42-76(64)84-80(68)72)60-47-57(53-27-9-3-10-28-53)44-58(48-60)54-29-11-4-12-30-54/h1-50H. The molecule has 0 bridgehead atoms. The van der Waals surface area contributed by atoms with Gasteiger partial charge in [0.1, 0.15) is 22.3 Å². The van der Waals surface area contributed by atoms with Crippen molar-refractivity contribution < 1.29 is 13.3 Å². The quantitative estimate of drug-likeness (QED) is 0.137. The van der Waals surface area contributed by atoms with Crippen molar-refractivity contribution in [3.05, 3.63) is 303 Å². The maximum absolute atomic E-state index is 7.43. The van der Waals surface area contributed by atoms with Crippen LogP contribution in [0.3, 0.4) is 0 Å². The molecule has 3 heterocycles. The highest BCUT2D eigenvalue weighted by molar-refractivity contribution is 6.26. The largest absolute Gasteiger partial charge is 0.455 e. The molecule has 0 atom stereocenters. The summed E-state index contributed by atoms with van der Waals surface area (Å²) in [4.78, 5) is 4.84. The lowest BCUT2D eigenvalue weighted by atomic mass is 9.95. The van der Waals surface area contributed by atoms with Crippen LogP contribution in [0.1, 0.15) is 0 Å². The van der Waals surface area contributed by atoms with E-state index in [1.807, 2.05) is 12.1 Å². The lowest BCUT2D eigenvalue weighted by molar-refractivity contribution is 0.669. The summed E-state index contributed by atoms with van der Waals surface area (Å²) in [6.07, 6.45) is 0. The first-order valence-corrected chi connectivity index (χ1v) is 28.9. The summed E-state index contributed by atoms with van der Waals surface area (Å²) in [6, 6.07) is 108. The summed E-state index contributed by atoms with van der Waals surface area (Å²) in [6.45, 7) is 0. The smallest absolute Gasteiger partial charge is 0.159 e. The van der Waals surface area contributed by atoms with Crippen LogP contribution < -0.4 is 9.80 Å². The van der Waals surface area contributed by atoms with E-state index in [9.17, 15) is 0 Å². The zero-order valence-corrected chi connectivity index (χ0v) is 46.0. The van der Waals surface area contributed by atoms with Crippen LogP contribution in [0, 0.1) is 0 Å². The van der Waals surface area contributed by atoms with Gasteiger partial charge in [-0.2, -0.15) is 0 Å². The first-order valence-electron chi connectivity index (χ1n) is 28.9. The molecule has 0 spiro atoms. The van der Waals surface area contributed by atoms with Gasteiger partial charge in [0.05, 0.1) is 22.7 Å². The van der Waals surface area contributed by atoms with Gasteiger partial charge in [0, 0.05) is 65.2 Å². The van der Waals surface area contributed by atoms with Gasteiger partial charge in [-0.1, -0.05) is 231 Å². The van der Waals surface area contributed by atoms with Crippen LogP contribution >= 0.6 is 0 Å². The summed E-state index contributed by atoms with van der Waals surface area (Å²) < 4.78 is 21.5. The zero-order valence-electron chi connectivity index (χ0n) is 46.0. The molecule has 0 saturated carbocycles. The average molecular weight is 1090 g/mol. The molecule has 0 saturated heterocycles. The highest BCUT2D eigenvalue weighted by Crippen LogP contribution is 2.53. The monoisotopic (exact) mass is 1090 g/mol. The Bertz CT molecular complexity index is 4980. The fraction of sp³-hybridized carbons (Fsp3) is 0. The van der Waals surface area contributed by atoms with Gasteiger partial charge in [0.15, 0.2) is 11.2 Å². The molecule has 3 aromatic heterocycles. The Labute approximate surface area is 489 Å². The molecule has 0 aliphatic rings. The number of hydrogen-bond donors (Lipinski definition) is 0. The van der Waals surface area contributed by atoms with E-state index < -0.39 is 0 Å². The maximum atomic E-state index is 7.43. The van der Waals surface area contributed by atoms with Crippen LogP contribution in [-0.4, -0.2) is 0 Å². The van der Waals surface area contributed by atoms with Crippen LogP contribution in [0.15, 0.2) is 317 Å². The molecule has 5 heteroatoms. The van der Waals surface area contributed by atoms with Crippen molar-refractivity contribution in [3.8, 4) is 44.5 Å².